The Morgan fingerprint density at radius 1 is 1.30 bits per heavy atom. The number of hydrogen-bond acceptors (Lipinski definition) is 4. The Labute approximate surface area is 136 Å². The Morgan fingerprint density at radius 3 is 3.04 bits per heavy atom. The fourth-order valence-corrected chi connectivity index (χ4v) is 3.20. The predicted molar refractivity (Wildman–Crippen MR) is 89.6 cm³/mol. The lowest BCUT2D eigenvalue weighted by Gasteiger charge is -2.28. The number of nitrogens with zero attached hydrogens (tertiary/aromatic N) is 1. The van der Waals surface area contributed by atoms with Crippen LogP contribution in [-0.4, -0.2) is 31.3 Å². The molecule has 1 atom stereocenters. The molecule has 2 aromatic rings. The molecule has 23 heavy (non-hydrogen) atoms. The molecule has 2 heterocycles. The van der Waals surface area contributed by atoms with Crippen LogP contribution in [0.3, 0.4) is 0 Å². The van der Waals surface area contributed by atoms with Gasteiger partial charge in [0.2, 0.25) is 5.88 Å². The Kier molecular flexibility index (Phi) is 4.02. The molecule has 4 nitrogen and oxygen atoms in total. The first-order valence-electron chi connectivity index (χ1n) is 8.36. The van der Waals surface area contributed by atoms with Crippen molar-refractivity contribution in [3.63, 3.8) is 0 Å². The van der Waals surface area contributed by atoms with E-state index in [4.69, 9.17) is 9.47 Å². The van der Waals surface area contributed by atoms with Gasteiger partial charge in [0.1, 0.15) is 6.10 Å². The summed E-state index contributed by atoms with van der Waals surface area (Å²) in [5.41, 5.74) is 5.14. The van der Waals surface area contributed by atoms with Crippen molar-refractivity contribution in [2.45, 2.75) is 31.5 Å². The number of aromatic nitrogens is 1. The molecular formula is C19H22N2O2. The first-order chi connectivity index (χ1) is 11.3. The molecule has 1 N–H and O–H groups in total. The summed E-state index contributed by atoms with van der Waals surface area (Å²) in [6.45, 7) is 1.61. The molecule has 0 radical (unpaired) electrons. The summed E-state index contributed by atoms with van der Waals surface area (Å²) in [5.74, 6) is 0.737. The van der Waals surface area contributed by atoms with E-state index in [-0.39, 0.29) is 6.10 Å². The highest BCUT2D eigenvalue weighted by Gasteiger charge is 2.25. The minimum Gasteiger partial charge on any atom is -0.474 e. The van der Waals surface area contributed by atoms with Gasteiger partial charge in [-0.15, -0.1) is 0 Å². The van der Waals surface area contributed by atoms with Crippen molar-refractivity contribution in [1.82, 2.24) is 10.3 Å². The van der Waals surface area contributed by atoms with Gasteiger partial charge in [0.15, 0.2) is 0 Å². The predicted octanol–water partition coefficient (Wildman–Crippen LogP) is 3.12. The van der Waals surface area contributed by atoms with E-state index >= 15 is 0 Å². The van der Waals surface area contributed by atoms with E-state index in [1.807, 2.05) is 13.2 Å². The van der Waals surface area contributed by atoms with Crippen molar-refractivity contribution in [2.24, 2.45) is 0 Å². The van der Waals surface area contributed by atoms with Gasteiger partial charge >= 0.3 is 0 Å². The standard InChI is InChI=1S/C19H22N2O2/c1-20-12-18-17-4-2-3-15(16(17)8-10-22-18)13-7-9-21-19(11-13)23-14-5-6-14/h2-4,7,9,11,14,18,20H,5-6,8,10,12H2,1H3. The second-order valence-electron chi connectivity index (χ2n) is 6.24. The number of pyridine rings is 1. The first-order valence-corrected chi connectivity index (χ1v) is 8.36. The number of benzene rings is 1. The van der Waals surface area contributed by atoms with E-state index in [1.54, 1.807) is 0 Å². The molecule has 1 unspecified atom stereocenters. The third-order valence-corrected chi connectivity index (χ3v) is 4.48. The quantitative estimate of drug-likeness (QED) is 0.921. The summed E-state index contributed by atoms with van der Waals surface area (Å²) in [6.07, 6.45) is 5.60. The second kappa shape index (κ2) is 6.30. The van der Waals surface area contributed by atoms with Crippen LogP contribution in [0.2, 0.25) is 0 Å². The largest absolute Gasteiger partial charge is 0.474 e. The third kappa shape index (κ3) is 3.09. The molecule has 1 fully saturated rings. The van der Waals surface area contributed by atoms with Crippen LogP contribution in [0.5, 0.6) is 5.88 Å². The van der Waals surface area contributed by atoms with E-state index in [9.17, 15) is 0 Å². The van der Waals surface area contributed by atoms with E-state index in [0.29, 0.717) is 6.10 Å². The summed E-state index contributed by atoms with van der Waals surface area (Å²) < 4.78 is 11.8. The van der Waals surface area contributed by atoms with E-state index in [0.717, 1.165) is 38.3 Å². The summed E-state index contributed by atoms with van der Waals surface area (Å²) in [5, 5.41) is 3.22. The van der Waals surface area contributed by atoms with Crippen molar-refractivity contribution in [1.29, 1.82) is 0 Å². The highest BCUT2D eigenvalue weighted by molar-refractivity contribution is 5.70. The van der Waals surface area contributed by atoms with Crippen LogP contribution in [0.25, 0.3) is 11.1 Å². The molecule has 0 amide bonds. The normalized spacial score (nSPS) is 20.1. The molecule has 0 saturated heterocycles. The number of nitrogens with one attached hydrogen (secondary N) is 1. The third-order valence-electron chi connectivity index (χ3n) is 4.48. The molecule has 1 aromatic carbocycles. The Hall–Kier alpha value is -1.91. The van der Waals surface area contributed by atoms with Gasteiger partial charge in [-0.25, -0.2) is 4.98 Å². The number of fused-ring (bicyclic) bond motifs is 1. The molecule has 1 aliphatic heterocycles. The van der Waals surface area contributed by atoms with Gasteiger partial charge in [0.05, 0.1) is 12.7 Å². The maximum absolute atomic E-state index is 5.92. The molecule has 0 spiro atoms. The van der Waals surface area contributed by atoms with Crippen LogP contribution in [0.4, 0.5) is 0 Å². The SMILES string of the molecule is CNCC1OCCc2c(-c3ccnc(OC4CC4)c3)cccc21. The fraction of sp³-hybridized carbons (Fsp3) is 0.421. The first kappa shape index (κ1) is 14.7. The van der Waals surface area contributed by atoms with Gasteiger partial charge in [-0.2, -0.15) is 0 Å². The summed E-state index contributed by atoms with van der Waals surface area (Å²) in [6, 6.07) is 10.6. The minimum atomic E-state index is 0.132. The Balaban J connectivity index is 1.70. The van der Waals surface area contributed by atoms with Gasteiger partial charge in [-0.05, 0) is 54.6 Å². The van der Waals surface area contributed by atoms with Crippen molar-refractivity contribution in [3.8, 4) is 17.0 Å². The highest BCUT2D eigenvalue weighted by atomic mass is 16.5. The molecular weight excluding hydrogens is 288 g/mol. The molecule has 0 bridgehead atoms. The lowest BCUT2D eigenvalue weighted by molar-refractivity contribution is 0.0440. The van der Waals surface area contributed by atoms with Crippen LogP contribution >= 0.6 is 0 Å². The fourth-order valence-electron chi connectivity index (χ4n) is 3.20. The van der Waals surface area contributed by atoms with E-state index in [2.05, 4.69) is 40.6 Å². The van der Waals surface area contributed by atoms with Crippen molar-refractivity contribution < 1.29 is 9.47 Å². The number of hydrogen-bond donors (Lipinski definition) is 1. The van der Waals surface area contributed by atoms with Gasteiger partial charge in [-0.3, -0.25) is 0 Å². The van der Waals surface area contributed by atoms with Crippen molar-refractivity contribution in [3.05, 3.63) is 47.7 Å². The van der Waals surface area contributed by atoms with Crippen LogP contribution in [0, 0.1) is 0 Å². The van der Waals surface area contributed by atoms with Gasteiger partial charge < -0.3 is 14.8 Å². The molecule has 1 aromatic heterocycles. The van der Waals surface area contributed by atoms with Gasteiger partial charge in [0.25, 0.3) is 0 Å². The number of ether oxygens (including phenoxy) is 2. The van der Waals surface area contributed by atoms with Gasteiger partial charge in [-0.1, -0.05) is 18.2 Å². The molecule has 2 aliphatic rings. The van der Waals surface area contributed by atoms with Crippen LogP contribution in [0.1, 0.15) is 30.1 Å². The molecule has 4 rings (SSSR count). The lowest BCUT2D eigenvalue weighted by atomic mass is 9.90. The summed E-state index contributed by atoms with van der Waals surface area (Å²) in [7, 11) is 1.96. The Morgan fingerprint density at radius 2 is 2.22 bits per heavy atom. The van der Waals surface area contributed by atoms with Crippen molar-refractivity contribution in [2.75, 3.05) is 20.2 Å². The highest BCUT2D eigenvalue weighted by Crippen LogP contribution is 2.35. The zero-order valence-electron chi connectivity index (χ0n) is 13.4. The Bertz CT molecular complexity index is 698. The minimum absolute atomic E-state index is 0.132. The molecule has 120 valence electrons. The van der Waals surface area contributed by atoms with Crippen molar-refractivity contribution >= 4 is 0 Å². The van der Waals surface area contributed by atoms with Gasteiger partial charge in [0, 0.05) is 18.8 Å². The van der Waals surface area contributed by atoms with E-state index in [1.165, 1.54) is 22.3 Å². The average Bonchev–Trinajstić information content (AvgIpc) is 3.39. The van der Waals surface area contributed by atoms with Crippen LogP contribution < -0.4 is 10.1 Å². The summed E-state index contributed by atoms with van der Waals surface area (Å²) in [4.78, 5) is 4.34. The zero-order valence-corrected chi connectivity index (χ0v) is 13.4. The lowest BCUT2D eigenvalue weighted by Crippen LogP contribution is -2.25. The molecule has 4 heteroatoms. The summed E-state index contributed by atoms with van der Waals surface area (Å²) >= 11 is 0. The van der Waals surface area contributed by atoms with Crippen LogP contribution in [0.15, 0.2) is 36.5 Å². The molecule has 1 saturated carbocycles. The zero-order chi connectivity index (χ0) is 15.6. The average molecular weight is 310 g/mol. The maximum atomic E-state index is 5.92. The topological polar surface area (TPSA) is 43.4 Å². The van der Waals surface area contributed by atoms with E-state index < -0.39 is 0 Å². The second-order valence-corrected chi connectivity index (χ2v) is 6.24. The smallest absolute Gasteiger partial charge is 0.214 e. The number of rotatable bonds is 5. The number of likely N-dealkylation sites (N-methyl/N-ethyl adjacent to an activating group) is 1. The molecule has 1 aliphatic carbocycles. The maximum Gasteiger partial charge on any atom is 0.214 e. The monoisotopic (exact) mass is 310 g/mol. The van der Waals surface area contributed by atoms with Crippen LogP contribution in [-0.2, 0) is 11.2 Å².